The van der Waals surface area contributed by atoms with E-state index in [1.807, 2.05) is 13.0 Å². The molecular formula is C15H16FN. The zero-order valence-corrected chi connectivity index (χ0v) is 10.2. The zero-order valence-electron chi connectivity index (χ0n) is 10.2. The van der Waals surface area contributed by atoms with Crippen LogP contribution in [-0.4, -0.2) is 11.4 Å². The molecule has 0 N–H and O–H groups in total. The molecule has 1 aromatic rings. The van der Waals surface area contributed by atoms with Gasteiger partial charge in [-0.05, 0) is 55.3 Å². The molecule has 0 radical (unpaired) electrons. The van der Waals surface area contributed by atoms with Crippen LogP contribution in [0.25, 0.3) is 5.70 Å². The summed E-state index contributed by atoms with van der Waals surface area (Å²) >= 11 is 0. The Bertz CT molecular complexity index is 494. The first-order valence-electron chi connectivity index (χ1n) is 5.75. The quantitative estimate of drug-likeness (QED) is 0.742. The SMILES string of the molecule is C=C1C(C)=CC=C(c2ccc(F)cc2)N1CC. The molecule has 0 bridgehead atoms. The molecule has 0 atom stereocenters. The van der Waals surface area contributed by atoms with E-state index in [4.69, 9.17) is 0 Å². The van der Waals surface area contributed by atoms with Crippen molar-refractivity contribution in [3.05, 3.63) is 65.6 Å². The lowest BCUT2D eigenvalue weighted by Gasteiger charge is -2.31. The zero-order chi connectivity index (χ0) is 12.4. The van der Waals surface area contributed by atoms with E-state index in [9.17, 15) is 4.39 Å². The summed E-state index contributed by atoms with van der Waals surface area (Å²) < 4.78 is 12.9. The van der Waals surface area contributed by atoms with Gasteiger partial charge in [-0.1, -0.05) is 12.7 Å². The van der Waals surface area contributed by atoms with Gasteiger partial charge in [-0.15, -0.1) is 0 Å². The highest BCUT2D eigenvalue weighted by Gasteiger charge is 2.17. The maximum absolute atomic E-state index is 12.9. The summed E-state index contributed by atoms with van der Waals surface area (Å²) in [5.41, 5.74) is 4.26. The molecule has 1 aromatic carbocycles. The van der Waals surface area contributed by atoms with Gasteiger partial charge in [0, 0.05) is 17.9 Å². The Morgan fingerprint density at radius 2 is 1.82 bits per heavy atom. The van der Waals surface area contributed by atoms with Crippen LogP contribution in [0, 0.1) is 5.82 Å². The van der Waals surface area contributed by atoms with Crippen LogP contribution in [0.1, 0.15) is 19.4 Å². The van der Waals surface area contributed by atoms with E-state index in [1.54, 1.807) is 12.1 Å². The minimum atomic E-state index is -0.209. The lowest BCUT2D eigenvalue weighted by Crippen LogP contribution is -2.23. The second-order valence-electron chi connectivity index (χ2n) is 4.10. The number of likely N-dealkylation sites (N-methyl/N-ethyl adjacent to an activating group) is 1. The molecule has 88 valence electrons. The van der Waals surface area contributed by atoms with Crippen molar-refractivity contribution in [2.75, 3.05) is 6.54 Å². The van der Waals surface area contributed by atoms with Gasteiger partial charge >= 0.3 is 0 Å². The Hall–Kier alpha value is -1.83. The predicted molar refractivity (Wildman–Crippen MR) is 69.7 cm³/mol. The molecule has 0 saturated carbocycles. The van der Waals surface area contributed by atoms with Gasteiger partial charge in [-0.25, -0.2) is 4.39 Å². The van der Waals surface area contributed by atoms with Gasteiger partial charge in [0.15, 0.2) is 0 Å². The van der Waals surface area contributed by atoms with Crippen molar-refractivity contribution >= 4 is 5.70 Å². The fraction of sp³-hybridized carbons (Fsp3) is 0.200. The first-order valence-corrected chi connectivity index (χ1v) is 5.75. The third-order valence-corrected chi connectivity index (χ3v) is 3.02. The highest BCUT2D eigenvalue weighted by molar-refractivity contribution is 5.70. The van der Waals surface area contributed by atoms with Crippen molar-refractivity contribution in [3.8, 4) is 0 Å². The molecule has 0 aliphatic carbocycles. The second-order valence-corrected chi connectivity index (χ2v) is 4.10. The molecule has 1 heterocycles. The van der Waals surface area contributed by atoms with Gasteiger partial charge < -0.3 is 4.90 Å². The molecule has 0 amide bonds. The van der Waals surface area contributed by atoms with Crippen molar-refractivity contribution < 1.29 is 4.39 Å². The fourth-order valence-electron chi connectivity index (χ4n) is 1.98. The molecule has 0 saturated heterocycles. The number of nitrogens with zero attached hydrogens (tertiary/aromatic N) is 1. The monoisotopic (exact) mass is 229 g/mol. The van der Waals surface area contributed by atoms with Crippen LogP contribution in [0.15, 0.2) is 54.3 Å². The van der Waals surface area contributed by atoms with Gasteiger partial charge in [0.25, 0.3) is 0 Å². The highest BCUT2D eigenvalue weighted by Crippen LogP contribution is 2.30. The number of benzene rings is 1. The van der Waals surface area contributed by atoms with Crippen LogP contribution in [0.2, 0.25) is 0 Å². The van der Waals surface area contributed by atoms with Crippen LogP contribution in [-0.2, 0) is 0 Å². The molecule has 1 aliphatic rings. The van der Waals surface area contributed by atoms with Crippen molar-refractivity contribution in [2.24, 2.45) is 0 Å². The maximum Gasteiger partial charge on any atom is 0.123 e. The van der Waals surface area contributed by atoms with Gasteiger partial charge in [0.05, 0.1) is 0 Å². The number of halogens is 1. The average Bonchev–Trinajstić information content (AvgIpc) is 2.34. The van der Waals surface area contributed by atoms with E-state index in [0.717, 1.165) is 29.1 Å². The van der Waals surface area contributed by atoms with Gasteiger partial charge in [0.2, 0.25) is 0 Å². The molecule has 2 rings (SSSR count). The van der Waals surface area contributed by atoms with Crippen LogP contribution in [0.4, 0.5) is 4.39 Å². The molecule has 1 aliphatic heterocycles. The Labute approximate surface area is 102 Å². The van der Waals surface area contributed by atoms with Crippen LogP contribution < -0.4 is 0 Å². The fourth-order valence-corrected chi connectivity index (χ4v) is 1.98. The summed E-state index contributed by atoms with van der Waals surface area (Å²) in [6.45, 7) is 9.07. The Balaban J connectivity index is 2.43. The van der Waals surface area contributed by atoms with E-state index in [0.29, 0.717) is 0 Å². The first kappa shape index (κ1) is 11.6. The molecule has 1 nitrogen and oxygen atoms in total. The molecule has 0 spiro atoms. The van der Waals surface area contributed by atoms with Crippen molar-refractivity contribution in [1.29, 1.82) is 0 Å². The summed E-state index contributed by atoms with van der Waals surface area (Å²) in [4.78, 5) is 2.14. The smallest absolute Gasteiger partial charge is 0.123 e. The van der Waals surface area contributed by atoms with Crippen molar-refractivity contribution in [2.45, 2.75) is 13.8 Å². The molecule has 0 fully saturated rings. The van der Waals surface area contributed by atoms with Crippen LogP contribution in [0.5, 0.6) is 0 Å². The second kappa shape index (κ2) is 4.58. The summed E-state index contributed by atoms with van der Waals surface area (Å²) in [5, 5.41) is 0. The van der Waals surface area contributed by atoms with E-state index in [2.05, 4.69) is 24.5 Å². The van der Waals surface area contributed by atoms with E-state index in [-0.39, 0.29) is 5.82 Å². The number of rotatable bonds is 2. The normalized spacial score (nSPS) is 15.7. The van der Waals surface area contributed by atoms with Crippen LogP contribution in [0.3, 0.4) is 0 Å². The predicted octanol–water partition coefficient (Wildman–Crippen LogP) is 3.96. The summed E-state index contributed by atoms with van der Waals surface area (Å²) in [5.74, 6) is -0.209. The topological polar surface area (TPSA) is 3.24 Å². The molecule has 0 aromatic heterocycles. The van der Waals surface area contributed by atoms with E-state index in [1.165, 1.54) is 12.1 Å². The summed E-state index contributed by atoms with van der Waals surface area (Å²) in [7, 11) is 0. The van der Waals surface area contributed by atoms with Gasteiger partial charge in [-0.3, -0.25) is 0 Å². The van der Waals surface area contributed by atoms with Crippen molar-refractivity contribution in [3.63, 3.8) is 0 Å². The molecule has 0 unspecified atom stereocenters. The number of allylic oxidation sites excluding steroid dienone is 3. The Kier molecular flexibility index (Phi) is 3.14. The standard InChI is InChI=1S/C15H16FN/c1-4-17-12(3)11(2)5-10-15(17)13-6-8-14(16)9-7-13/h5-10H,3-4H2,1-2H3. The van der Waals surface area contributed by atoms with E-state index >= 15 is 0 Å². The third-order valence-electron chi connectivity index (χ3n) is 3.02. The number of hydrogen-bond acceptors (Lipinski definition) is 1. The average molecular weight is 229 g/mol. The Morgan fingerprint density at radius 1 is 1.18 bits per heavy atom. The summed E-state index contributed by atoms with van der Waals surface area (Å²) in [6.07, 6.45) is 4.11. The molecular weight excluding hydrogens is 213 g/mol. The van der Waals surface area contributed by atoms with Crippen molar-refractivity contribution in [1.82, 2.24) is 4.90 Å². The largest absolute Gasteiger partial charge is 0.342 e. The number of hydrogen-bond donors (Lipinski definition) is 0. The lowest BCUT2D eigenvalue weighted by molar-refractivity contribution is 0.522. The molecule has 17 heavy (non-hydrogen) atoms. The van der Waals surface area contributed by atoms with Gasteiger partial charge in [-0.2, -0.15) is 0 Å². The van der Waals surface area contributed by atoms with Gasteiger partial charge in [0.1, 0.15) is 5.82 Å². The van der Waals surface area contributed by atoms with E-state index < -0.39 is 0 Å². The molecule has 2 heteroatoms. The first-order chi connectivity index (χ1) is 8.13. The summed E-state index contributed by atoms with van der Waals surface area (Å²) in [6, 6.07) is 6.56. The lowest BCUT2D eigenvalue weighted by atomic mass is 10.0. The maximum atomic E-state index is 12.9. The van der Waals surface area contributed by atoms with Crippen LogP contribution >= 0.6 is 0 Å². The minimum Gasteiger partial charge on any atom is -0.342 e. The minimum absolute atomic E-state index is 0.209. The Morgan fingerprint density at radius 3 is 2.41 bits per heavy atom. The highest BCUT2D eigenvalue weighted by atomic mass is 19.1. The third kappa shape index (κ3) is 2.16.